The molecular weight excluding hydrogens is 550 g/mol. The van der Waals surface area contributed by atoms with Gasteiger partial charge < -0.3 is 16.0 Å². The van der Waals surface area contributed by atoms with Crippen LogP contribution in [0.15, 0.2) is 30.3 Å². The van der Waals surface area contributed by atoms with Gasteiger partial charge in [0.05, 0.1) is 12.5 Å². The Kier molecular flexibility index (Phi) is 10.7. The largest absolute Gasteiger partial charge is 0.471 e. The van der Waals surface area contributed by atoms with Crippen LogP contribution in [0.25, 0.3) is 0 Å². The Hall–Kier alpha value is -3.42. The topological polar surface area (TPSA) is 137 Å². The summed E-state index contributed by atoms with van der Waals surface area (Å²) in [5.41, 5.74) is -1.07. The Bertz CT molecular complexity index is 1070. The van der Waals surface area contributed by atoms with Crippen LogP contribution in [0.4, 0.5) is 17.6 Å². The molecule has 1 fully saturated rings. The maximum Gasteiger partial charge on any atom is 0.471 e. The van der Waals surface area contributed by atoms with Gasteiger partial charge in [-0.3, -0.25) is 29.4 Å². The van der Waals surface area contributed by atoms with E-state index in [2.05, 4.69) is 16.1 Å². The summed E-state index contributed by atoms with van der Waals surface area (Å²) in [6, 6.07) is 4.99. The molecule has 0 aliphatic carbocycles. The number of rotatable bonds is 9. The van der Waals surface area contributed by atoms with E-state index in [0.29, 0.717) is 23.5 Å². The lowest BCUT2D eigenvalue weighted by Gasteiger charge is -2.33. The molecule has 15 heteroatoms. The van der Waals surface area contributed by atoms with Crippen molar-refractivity contribution in [1.29, 1.82) is 0 Å². The highest BCUT2D eigenvalue weighted by Gasteiger charge is 2.44. The number of benzene rings is 1. The van der Waals surface area contributed by atoms with Gasteiger partial charge >= 0.3 is 12.1 Å². The van der Waals surface area contributed by atoms with Gasteiger partial charge in [0, 0.05) is 13.0 Å². The molecule has 0 radical (unpaired) electrons. The van der Waals surface area contributed by atoms with Crippen molar-refractivity contribution >= 4 is 41.1 Å². The van der Waals surface area contributed by atoms with Crippen molar-refractivity contribution in [3.05, 3.63) is 35.9 Å². The van der Waals surface area contributed by atoms with Gasteiger partial charge in [-0.25, -0.2) is 9.40 Å². The summed E-state index contributed by atoms with van der Waals surface area (Å²) in [4.78, 5) is 62.3. The molecule has 0 saturated carbocycles. The molecule has 1 heterocycles. The molecule has 1 aromatic carbocycles. The lowest BCUT2D eigenvalue weighted by Crippen LogP contribution is -2.61. The summed E-state index contributed by atoms with van der Waals surface area (Å²) in [6.07, 6.45) is -5.15. The fraction of sp³-hybridized carbons (Fsp3) is 0.542. The van der Waals surface area contributed by atoms with E-state index in [1.165, 1.54) is 20.8 Å². The highest BCUT2D eigenvalue weighted by Crippen LogP contribution is 2.23. The molecule has 10 nitrogen and oxygen atoms in total. The van der Waals surface area contributed by atoms with Crippen molar-refractivity contribution in [2.24, 2.45) is 11.3 Å². The normalized spacial score (nSPS) is 17.8. The number of carbonyl (C=O) groups is 5. The Labute approximate surface area is 227 Å². The molecular formula is C24H30ClF4N5O5. The third-order valence-electron chi connectivity index (χ3n) is 5.84. The van der Waals surface area contributed by atoms with Crippen molar-refractivity contribution < 1.29 is 41.5 Å². The van der Waals surface area contributed by atoms with Crippen LogP contribution in [0.1, 0.15) is 32.8 Å². The predicted molar refractivity (Wildman–Crippen MR) is 131 cm³/mol. The fourth-order valence-electron chi connectivity index (χ4n) is 3.76. The summed E-state index contributed by atoms with van der Waals surface area (Å²) in [5.74, 6) is -7.04. The minimum absolute atomic E-state index is 0.186. The minimum Gasteiger partial charge on any atom is -0.356 e. The van der Waals surface area contributed by atoms with E-state index in [-0.39, 0.29) is 6.42 Å². The Morgan fingerprint density at radius 3 is 2.18 bits per heavy atom. The molecule has 5 amide bonds. The maximum absolute atomic E-state index is 13.7. The van der Waals surface area contributed by atoms with Crippen LogP contribution >= 0.6 is 11.6 Å². The molecule has 2 rings (SSSR count). The van der Waals surface area contributed by atoms with Crippen molar-refractivity contribution in [1.82, 2.24) is 26.4 Å². The second-order valence-electron chi connectivity index (χ2n) is 10.0. The predicted octanol–water partition coefficient (Wildman–Crippen LogP) is 1.34. The zero-order chi connectivity index (χ0) is 29.5. The molecule has 1 aromatic rings. The number of hydrogen-bond acceptors (Lipinski definition) is 5. The highest BCUT2D eigenvalue weighted by atomic mass is 35.5. The van der Waals surface area contributed by atoms with E-state index in [4.69, 9.17) is 11.6 Å². The van der Waals surface area contributed by atoms with E-state index in [1.807, 2.05) is 0 Å². The number of hydrazine groups is 1. The number of amides is 5. The van der Waals surface area contributed by atoms with Crippen LogP contribution in [0.3, 0.4) is 0 Å². The molecule has 39 heavy (non-hydrogen) atoms. The lowest BCUT2D eigenvalue weighted by atomic mass is 9.85. The molecule has 0 aromatic heterocycles. The lowest BCUT2D eigenvalue weighted by molar-refractivity contribution is -0.175. The van der Waals surface area contributed by atoms with Gasteiger partial charge in [-0.1, -0.05) is 62.7 Å². The van der Waals surface area contributed by atoms with Crippen LogP contribution in [0.5, 0.6) is 0 Å². The molecule has 0 bridgehead atoms. The van der Waals surface area contributed by atoms with Crippen molar-refractivity contribution in [2.75, 3.05) is 13.1 Å². The van der Waals surface area contributed by atoms with E-state index >= 15 is 0 Å². The minimum atomic E-state index is -5.26. The first-order chi connectivity index (χ1) is 18.0. The van der Waals surface area contributed by atoms with Gasteiger partial charge in [0.1, 0.15) is 12.1 Å². The monoisotopic (exact) mass is 579 g/mol. The van der Waals surface area contributed by atoms with Gasteiger partial charge in [0.15, 0.2) is 0 Å². The van der Waals surface area contributed by atoms with Crippen LogP contribution < -0.4 is 21.4 Å². The van der Waals surface area contributed by atoms with Gasteiger partial charge in [-0.15, -0.1) is 0 Å². The first kappa shape index (κ1) is 31.8. The first-order valence-corrected chi connectivity index (χ1v) is 12.3. The number of carbonyl (C=O) groups excluding carboxylic acids is 5. The van der Waals surface area contributed by atoms with E-state index in [0.717, 1.165) is 0 Å². The van der Waals surface area contributed by atoms with Gasteiger partial charge in [0.2, 0.25) is 11.8 Å². The average Bonchev–Trinajstić information content (AvgIpc) is 3.24. The van der Waals surface area contributed by atoms with Gasteiger partial charge in [-0.2, -0.15) is 13.2 Å². The van der Waals surface area contributed by atoms with E-state index in [1.54, 1.807) is 35.6 Å². The molecule has 0 spiro atoms. The molecule has 0 unspecified atom stereocenters. The third-order valence-corrected chi connectivity index (χ3v) is 6.03. The third kappa shape index (κ3) is 9.37. The summed E-state index contributed by atoms with van der Waals surface area (Å²) < 4.78 is 52.4. The Balaban J connectivity index is 2.33. The zero-order valence-corrected chi connectivity index (χ0v) is 22.2. The van der Waals surface area contributed by atoms with E-state index in [9.17, 15) is 41.5 Å². The quantitative estimate of drug-likeness (QED) is 0.199. The average molecular weight is 580 g/mol. The van der Waals surface area contributed by atoms with Crippen LogP contribution in [0, 0.1) is 11.3 Å². The standard InChI is InChI=1S/C24H30ClF4N5O5/c1-23(2,3)16(32-22(39)24(27,28)29)20(37)31-15(11-13-7-5-4-6-8-13)19(36)33-34(21(38)17(25)26)12-14-9-10-30-18(14)35/h4-8,14-17H,9-12H2,1-3H3,(H,30,35)(H,31,37)(H,32,39)(H,33,36)/t14-,15-,16+,17-/m0/s1. The summed E-state index contributed by atoms with van der Waals surface area (Å²) in [7, 11) is 0. The SMILES string of the molecule is CC(C)(C)[C@H](NC(=O)C(F)(F)F)C(=O)N[C@@H](Cc1ccccc1)C(=O)NN(C[C@@H]1CCNC1=O)C(=O)[C@H](F)Cl. The van der Waals surface area contributed by atoms with Crippen molar-refractivity contribution in [2.45, 2.75) is 57.5 Å². The zero-order valence-electron chi connectivity index (χ0n) is 21.4. The second-order valence-corrected chi connectivity index (χ2v) is 10.4. The van der Waals surface area contributed by atoms with Crippen LogP contribution in [-0.4, -0.2) is 71.5 Å². The fourth-order valence-corrected chi connectivity index (χ4v) is 3.88. The summed E-state index contributed by atoms with van der Waals surface area (Å²) >= 11 is 5.29. The van der Waals surface area contributed by atoms with Crippen molar-refractivity contribution in [3.63, 3.8) is 0 Å². The van der Waals surface area contributed by atoms with Crippen LogP contribution in [-0.2, 0) is 30.4 Å². The van der Waals surface area contributed by atoms with E-state index < -0.39 is 71.3 Å². The van der Waals surface area contributed by atoms with Crippen molar-refractivity contribution in [3.8, 4) is 0 Å². The summed E-state index contributed by atoms with van der Waals surface area (Å²) in [5, 5.41) is 7.05. The summed E-state index contributed by atoms with van der Waals surface area (Å²) in [6.45, 7) is 4.13. The second kappa shape index (κ2) is 13.1. The smallest absolute Gasteiger partial charge is 0.356 e. The molecule has 4 atom stereocenters. The number of nitrogens with zero attached hydrogens (tertiary/aromatic N) is 1. The maximum atomic E-state index is 13.7. The molecule has 1 aliphatic rings. The molecule has 216 valence electrons. The highest BCUT2D eigenvalue weighted by molar-refractivity contribution is 6.29. The Morgan fingerprint density at radius 2 is 1.69 bits per heavy atom. The van der Waals surface area contributed by atoms with Gasteiger partial charge in [0.25, 0.3) is 17.4 Å². The number of nitrogens with one attached hydrogen (secondary N) is 4. The molecule has 1 saturated heterocycles. The van der Waals surface area contributed by atoms with Gasteiger partial charge in [-0.05, 0) is 17.4 Å². The molecule has 1 aliphatic heterocycles. The number of alkyl halides is 5. The number of hydrogen-bond donors (Lipinski definition) is 4. The first-order valence-electron chi connectivity index (χ1n) is 11.9. The van der Waals surface area contributed by atoms with Crippen LogP contribution in [0.2, 0.25) is 0 Å². The number of halogens is 5. The molecule has 4 N–H and O–H groups in total. The Morgan fingerprint density at radius 1 is 1.08 bits per heavy atom.